The van der Waals surface area contributed by atoms with Gasteiger partial charge in [-0.05, 0) is 42.5 Å². The molecule has 0 amide bonds. The minimum absolute atomic E-state index is 0.526. The lowest BCUT2D eigenvalue weighted by atomic mass is 10.1. The standard InChI is InChI=1S/C23H24N4/c24-13-18-5-1-3-7-20(18)15-26-12-11-23(17-26)27(22-9-10-22)16-21-8-4-2-6-19(21)14-25/h1-8,22-23H,9-12,15-17H2/t23-/m0/s1. The van der Waals surface area contributed by atoms with Crippen LogP contribution in [0, 0.1) is 22.7 Å². The van der Waals surface area contributed by atoms with Gasteiger partial charge in [-0.2, -0.15) is 10.5 Å². The zero-order valence-corrected chi connectivity index (χ0v) is 15.5. The van der Waals surface area contributed by atoms with E-state index in [-0.39, 0.29) is 0 Å². The van der Waals surface area contributed by atoms with Gasteiger partial charge < -0.3 is 0 Å². The topological polar surface area (TPSA) is 54.1 Å². The third kappa shape index (κ3) is 4.03. The van der Waals surface area contributed by atoms with Crippen molar-refractivity contribution in [2.75, 3.05) is 13.1 Å². The molecule has 136 valence electrons. The summed E-state index contributed by atoms with van der Waals surface area (Å²) in [7, 11) is 0. The van der Waals surface area contributed by atoms with Gasteiger partial charge in [0.05, 0.1) is 23.3 Å². The second-order valence-electron chi connectivity index (χ2n) is 7.62. The summed E-state index contributed by atoms with van der Waals surface area (Å²) in [6.07, 6.45) is 3.69. The van der Waals surface area contributed by atoms with E-state index in [4.69, 9.17) is 0 Å². The fourth-order valence-electron chi connectivity index (χ4n) is 4.16. The molecule has 2 aliphatic rings. The Labute approximate surface area is 161 Å². The number of likely N-dealkylation sites (tertiary alicyclic amines) is 1. The van der Waals surface area contributed by atoms with Crippen LogP contribution in [0.2, 0.25) is 0 Å². The van der Waals surface area contributed by atoms with Gasteiger partial charge in [-0.3, -0.25) is 9.80 Å². The number of benzene rings is 2. The lowest BCUT2D eigenvalue weighted by molar-refractivity contribution is 0.173. The largest absolute Gasteiger partial charge is 0.297 e. The molecule has 1 atom stereocenters. The highest BCUT2D eigenvalue weighted by Crippen LogP contribution is 2.33. The van der Waals surface area contributed by atoms with E-state index < -0.39 is 0 Å². The summed E-state index contributed by atoms with van der Waals surface area (Å²) in [5.41, 5.74) is 3.83. The van der Waals surface area contributed by atoms with Gasteiger partial charge in [0.15, 0.2) is 0 Å². The van der Waals surface area contributed by atoms with Crippen LogP contribution in [0.15, 0.2) is 48.5 Å². The molecule has 0 aromatic heterocycles. The Morgan fingerprint density at radius 2 is 1.48 bits per heavy atom. The van der Waals surface area contributed by atoms with Crippen molar-refractivity contribution in [3.8, 4) is 12.1 Å². The highest BCUT2D eigenvalue weighted by atomic mass is 15.3. The maximum absolute atomic E-state index is 9.40. The Hall–Kier alpha value is -2.66. The highest BCUT2D eigenvalue weighted by Gasteiger charge is 2.37. The third-order valence-corrected chi connectivity index (χ3v) is 5.75. The number of nitriles is 2. The van der Waals surface area contributed by atoms with Crippen LogP contribution < -0.4 is 0 Å². The Morgan fingerprint density at radius 3 is 2.15 bits per heavy atom. The van der Waals surface area contributed by atoms with Gasteiger partial charge in [0.25, 0.3) is 0 Å². The molecule has 1 aliphatic heterocycles. The van der Waals surface area contributed by atoms with Crippen LogP contribution in [-0.2, 0) is 13.1 Å². The zero-order chi connectivity index (χ0) is 18.6. The molecule has 4 heteroatoms. The molecule has 1 saturated heterocycles. The third-order valence-electron chi connectivity index (χ3n) is 5.75. The van der Waals surface area contributed by atoms with Crippen molar-refractivity contribution in [1.82, 2.24) is 9.80 Å². The van der Waals surface area contributed by atoms with Crippen LogP contribution in [0.1, 0.15) is 41.5 Å². The Morgan fingerprint density at radius 1 is 0.852 bits per heavy atom. The molecule has 1 heterocycles. The number of hydrogen-bond acceptors (Lipinski definition) is 4. The van der Waals surface area contributed by atoms with Crippen molar-refractivity contribution in [3.63, 3.8) is 0 Å². The molecule has 0 unspecified atom stereocenters. The second-order valence-corrected chi connectivity index (χ2v) is 7.62. The van der Waals surface area contributed by atoms with Gasteiger partial charge >= 0.3 is 0 Å². The van der Waals surface area contributed by atoms with Crippen LogP contribution in [0.5, 0.6) is 0 Å². The maximum Gasteiger partial charge on any atom is 0.0995 e. The molecule has 0 spiro atoms. The molecule has 0 bridgehead atoms. The number of hydrogen-bond donors (Lipinski definition) is 0. The van der Waals surface area contributed by atoms with Crippen molar-refractivity contribution < 1.29 is 0 Å². The molecule has 4 nitrogen and oxygen atoms in total. The second kappa shape index (κ2) is 7.92. The van der Waals surface area contributed by atoms with E-state index >= 15 is 0 Å². The van der Waals surface area contributed by atoms with Gasteiger partial charge in [0.2, 0.25) is 0 Å². The molecule has 0 radical (unpaired) electrons. The molecular weight excluding hydrogens is 332 g/mol. The maximum atomic E-state index is 9.40. The predicted molar refractivity (Wildman–Crippen MR) is 105 cm³/mol. The lowest BCUT2D eigenvalue weighted by Gasteiger charge is -2.29. The van der Waals surface area contributed by atoms with E-state index in [2.05, 4.69) is 34.1 Å². The Kier molecular flexibility index (Phi) is 5.21. The molecule has 0 N–H and O–H groups in total. The fraction of sp³-hybridized carbons (Fsp3) is 0.391. The smallest absolute Gasteiger partial charge is 0.0995 e. The molecular formula is C23H24N4. The molecule has 1 saturated carbocycles. The Balaban J connectivity index is 1.45. The van der Waals surface area contributed by atoms with Crippen molar-refractivity contribution in [1.29, 1.82) is 10.5 Å². The normalized spacial score (nSPS) is 19.7. The van der Waals surface area contributed by atoms with E-state index in [0.717, 1.165) is 54.9 Å². The van der Waals surface area contributed by atoms with Gasteiger partial charge in [0.1, 0.15) is 0 Å². The summed E-state index contributed by atoms with van der Waals surface area (Å²) >= 11 is 0. The molecule has 2 aromatic carbocycles. The van der Waals surface area contributed by atoms with Gasteiger partial charge in [-0.25, -0.2) is 0 Å². The first-order valence-electron chi connectivity index (χ1n) is 9.72. The summed E-state index contributed by atoms with van der Waals surface area (Å²) in [6.45, 7) is 3.80. The van der Waals surface area contributed by atoms with E-state index in [9.17, 15) is 10.5 Å². The van der Waals surface area contributed by atoms with E-state index in [1.165, 1.54) is 12.8 Å². The number of nitrogens with zero attached hydrogens (tertiary/aromatic N) is 4. The monoisotopic (exact) mass is 356 g/mol. The SMILES string of the molecule is N#Cc1ccccc1CN1CC[C@H](N(Cc2ccccc2C#N)C2CC2)C1. The van der Waals surface area contributed by atoms with Crippen molar-refractivity contribution in [2.24, 2.45) is 0 Å². The summed E-state index contributed by atoms with van der Waals surface area (Å²) in [4.78, 5) is 5.08. The first-order valence-corrected chi connectivity index (χ1v) is 9.72. The zero-order valence-electron chi connectivity index (χ0n) is 15.5. The summed E-state index contributed by atoms with van der Waals surface area (Å²) in [6, 6.07) is 21.7. The van der Waals surface area contributed by atoms with Crippen LogP contribution in [0.3, 0.4) is 0 Å². The quantitative estimate of drug-likeness (QED) is 0.792. The van der Waals surface area contributed by atoms with Gasteiger partial charge in [0, 0.05) is 38.3 Å². The van der Waals surface area contributed by atoms with Crippen LogP contribution in [0.4, 0.5) is 0 Å². The van der Waals surface area contributed by atoms with E-state index in [0.29, 0.717) is 12.1 Å². The summed E-state index contributed by atoms with van der Waals surface area (Å²) in [5, 5.41) is 18.7. The van der Waals surface area contributed by atoms with Crippen molar-refractivity contribution >= 4 is 0 Å². The van der Waals surface area contributed by atoms with E-state index in [1.807, 2.05) is 36.4 Å². The number of rotatable bonds is 6. The van der Waals surface area contributed by atoms with Crippen molar-refractivity contribution in [2.45, 2.75) is 44.4 Å². The Bertz CT molecular complexity index is 888. The summed E-state index contributed by atoms with van der Waals surface area (Å²) < 4.78 is 0. The minimum atomic E-state index is 0.526. The molecule has 1 aliphatic carbocycles. The van der Waals surface area contributed by atoms with Crippen LogP contribution >= 0.6 is 0 Å². The highest BCUT2D eigenvalue weighted by molar-refractivity contribution is 5.38. The average Bonchev–Trinajstić information content (AvgIpc) is 3.45. The molecule has 2 aromatic rings. The first kappa shape index (κ1) is 17.7. The van der Waals surface area contributed by atoms with Crippen LogP contribution in [0.25, 0.3) is 0 Å². The molecule has 27 heavy (non-hydrogen) atoms. The molecule has 4 rings (SSSR count). The summed E-state index contributed by atoms with van der Waals surface area (Å²) in [5.74, 6) is 0. The minimum Gasteiger partial charge on any atom is -0.297 e. The fourth-order valence-corrected chi connectivity index (χ4v) is 4.16. The van der Waals surface area contributed by atoms with Crippen LogP contribution in [-0.4, -0.2) is 35.0 Å². The van der Waals surface area contributed by atoms with Crippen molar-refractivity contribution in [3.05, 3.63) is 70.8 Å². The average molecular weight is 356 g/mol. The molecule has 2 fully saturated rings. The first-order chi connectivity index (χ1) is 13.3. The predicted octanol–water partition coefficient (Wildman–Crippen LogP) is 3.67. The van der Waals surface area contributed by atoms with Gasteiger partial charge in [-0.15, -0.1) is 0 Å². The van der Waals surface area contributed by atoms with E-state index in [1.54, 1.807) is 0 Å². The van der Waals surface area contributed by atoms with Gasteiger partial charge in [-0.1, -0.05) is 36.4 Å². The lowest BCUT2D eigenvalue weighted by Crippen LogP contribution is -2.38.